The van der Waals surface area contributed by atoms with Gasteiger partial charge in [0.15, 0.2) is 0 Å². The molecule has 3 aromatic rings. The fourth-order valence-electron chi connectivity index (χ4n) is 3.56. The van der Waals surface area contributed by atoms with Crippen LogP contribution in [-0.2, 0) is 12.8 Å². The van der Waals surface area contributed by atoms with E-state index in [-0.39, 0.29) is 0 Å². The fraction of sp³-hybridized carbons (Fsp3) is 0.200. The first-order chi connectivity index (χ1) is 10.6. The summed E-state index contributed by atoms with van der Waals surface area (Å²) in [5.74, 6) is 0.354. The van der Waals surface area contributed by atoms with Crippen LogP contribution in [0.4, 0.5) is 0 Å². The molecule has 2 nitrogen and oxygen atoms in total. The van der Waals surface area contributed by atoms with Crippen molar-refractivity contribution in [3.05, 3.63) is 71.0 Å². The van der Waals surface area contributed by atoms with Crippen LogP contribution in [0, 0.1) is 13.8 Å². The predicted molar refractivity (Wildman–Crippen MR) is 89.8 cm³/mol. The van der Waals surface area contributed by atoms with E-state index < -0.39 is 0 Å². The Labute approximate surface area is 130 Å². The number of fused-ring (bicyclic) bond motifs is 3. The molecule has 2 aromatic carbocycles. The number of phenolic OH excluding ortho intramolecular Hbond substituents is 1. The van der Waals surface area contributed by atoms with Crippen molar-refractivity contribution in [2.45, 2.75) is 26.7 Å². The number of aromatic hydroxyl groups is 1. The standard InChI is InChI=1S/C20H19NO/c1-13-11-16(8-10-20(13)22)21-14(2)12-18-17-6-4-3-5-15(17)7-9-19(18)21/h3-6,8,10-12,22H,7,9H2,1-2H3. The van der Waals surface area contributed by atoms with Gasteiger partial charge in [0.05, 0.1) is 0 Å². The van der Waals surface area contributed by atoms with Crippen molar-refractivity contribution in [3.63, 3.8) is 0 Å². The van der Waals surface area contributed by atoms with Crippen molar-refractivity contribution in [3.8, 4) is 22.6 Å². The topological polar surface area (TPSA) is 25.2 Å². The van der Waals surface area contributed by atoms with E-state index in [1.165, 1.54) is 28.1 Å². The number of aryl methyl sites for hydroxylation is 3. The minimum absolute atomic E-state index is 0.354. The number of benzene rings is 2. The van der Waals surface area contributed by atoms with Gasteiger partial charge in [-0.2, -0.15) is 0 Å². The number of hydrogen-bond acceptors (Lipinski definition) is 1. The van der Waals surface area contributed by atoms with Crippen LogP contribution in [0.2, 0.25) is 0 Å². The van der Waals surface area contributed by atoms with E-state index in [2.05, 4.69) is 47.9 Å². The molecule has 0 amide bonds. The zero-order valence-corrected chi connectivity index (χ0v) is 12.9. The van der Waals surface area contributed by atoms with Crippen LogP contribution in [0.5, 0.6) is 5.75 Å². The quantitative estimate of drug-likeness (QED) is 0.697. The van der Waals surface area contributed by atoms with Gasteiger partial charge in [0.2, 0.25) is 0 Å². The van der Waals surface area contributed by atoms with E-state index in [0.717, 1.165) is 24.1 Å². The largest absolute Gasteiger partial charge is 0.508 e. The summed E-state index contributed by atoms with van der Waals surface area (Å²) in [5.41, 5.74) is 8.82. The average Bonchev–Trinajstić information content (AvgIpc) is 2.86. The van der Waals surface area contributed by atoms with Crippen LogP contribution in [0.3, 0.4) is 0 Å². The number of nitrogens with zero attached hydrogens (tertiary/aromatic N) is 1. The third-order valence-corrected chi connectivity index (χ3v) is 4.66. The highest BCUT2D eigenvalue weighted by Crippen LogP contribution is 2.37. The summed E-state index contributed by atoms with van der Waals surface area (Å²) < 4.78 is 2.33. The summed E-state index contributed by atoms with van der Waals surface area (Å²) in [6, 6.07) is 16.8. The summed E-state index contributed by atoms with van der Waals surface area (Å²) in [6.07, 6.45) is 2.14. The Morgan fingerprint density at radius 1 is 0.909 bits per heavy atom. The van der Waals surface area contributed by atoms with Gasteiger partial charge in [0.25, 0.3) is 0 Å². The summed E-state index contributed by atoms with van der Waals surface area (Å²) in [6.45, 7) is 4.10. The minimum Gasteiger partial charge on any atom is -0.508 e. The Bertz CT molecular complexity index is 873. The minimum atomic E-state index is 0.354. The molecule has 0 fully saturated rings. The lowest BCUT2D eigenvalue weighted by atomic mass is 9.90. The van der Waals surface area contributed by atoms with E-state index in [9.17, 15) is 5.11 Å². The van der Waals surface area contributed by atoms with Crippen LogP contribution >= 0.6 is 0 Å². The number of hydrogen-bond donors (Lipinski definition) is 1. The number of phenols is 1. The van der Waals surface area contributed by atoms with E-state index in [0.29, 0.717) is 5.75 Å². The lowest BCUT2D eigenvalue weighted by molar-refractivity contribution is 0.471. The molecule has 0 radical (unpaired) electrons. The van der Waals surface area contributed by atoms with Gasteiger partial charge in [-0.15, -0.1) is 0 Å². The van der Waals surface area contributed by atoms with Crippen molar-refractivity contribution >= 4 is 0 Å². The molecule has 4 rings (SSSR count). The number of aromatic nitrogens is 1. The van der Waals surface area contributed by atoms with Gasteiger partial charge >= 0.3 is 0 Å². The van der Waals surface area contributed by atoms with Gasteiger partial charge in [-0.3, -0.25) is 0 Å². The first-order valence-corrected chi connectivity index (χ1v) is 7.74. The van der Waals surface area contributed by atoms with E-state index in [1.807, 2.05) is 13.0 Å². The molecule has 0 spiro atoms. The second-order valence-electron chi connectivity index (χ2n) is 6.11. The molecule has 1 aliphatic rings. The third-order valence-electron chi connectivity index (χ3n) is 4.66. The van der Waals surface area contributed by atoms with Gasteiger partial charge < -0.3 is 9.67 Å². The molecule has 22 heavy (non-hydrogen) atoms. The van der Waals surface area contributed by atoms with Crippen molar-refractivity contribution in [1.82, 2.24) is 4.57 Å². The third kappa shape index (κ3) is 1.87. The molecule has 1 aliphatic carbocycles. The normalized spacial score (nSPS) is 12.8. The van der Waals surface area contributed by atoms with Crippen LogP contribution in [0.15, 0.2) is 48.5 Å². The molecule has 1 N–H and O–H groups in total. The van der Waals surface area contributed by atoms with Gasteiger partial charge in [0, 0.05) is 22.6 Å². The van der Waals surface area contributed by atoms with Gasteiger partial charge in [0.1, 0.15) is 5.75 Å². The molecule has 0 saturated heterocycles. The van der Waals surface area contributed by atoms with Crippen molar-refractivity contribution in [2.24, 2.45) is 0 Å². The van der Waals surface area contributed by atoms with E-state index in [4.69, 9.17) is 0 Å². The Morgan fingerprint density at radius 2 is 1.73 bits per heavy atom. The second-order valence-corrected chi connectivity index (χ2v) is 6.11. The molecule has 0 aliphatic heterocycles. The van der Waals surface area contributed by atoms with Crippen LogP contribution in [-0.4, -0.2) is 9.67 Å². The second kappa shape index (κ2) is 4.77. The molecule has 0 atom stereocenters. The highest BCUT2D eigenvalue weighted by molar-refractivity contribution is 5.74. The Morgan fingerprint density at radius 3 is 2.55 bits per heavy atom. The first-order valence-electron chi connectivity index (χ1n) is 7.74. The summed E-state index contributed by atoms with van der Waals surface area (Å²) >= 11 is 0. The van der Waals surface area contributed by atoms with Crippen LogP contribution < -0.4 is 0 Å². The molecule has 0 saturated carbocycles. The van der Waals surface area contributed by atoms with E-state index in [1.54, 1.807) is 6.07 Å². The molecule has 2 heteroatoms. The molecule has 1 heterocycles. The summed E-state index contributed by atoms with van der Waals surface area (Å²) in [7, 11) is 0. The number of rotatable bonds is 1. The highest BCUT2D eigenvalue weighted by atomic mass is 16.3. The van der Waals surface area contributed by atoms with Crippen molar-refractivity contribution in [1.29, 1.82) is 0 Å². The fourth-order valence-corrected chi connectivity index (χ4v) is 3.56. The van der Waals surface area contributed by atoms with Crippen LogP contribution in [0.1, 0.15) is 22.5 Å². The molecular weight excluding hydrogens is 270 g/mol. The molecule has 0 unspecified atom stereocenters. The molecular formula is C20H19NO. The van der Waals surface area contributed by atoms with Crippen molar-refractivity contribution in [2.75, 3.05) is 0 Å². The maximum absolute atomic E-state index is 9.77. The van der Waals surface area contributed by atoms with Gasteiger partial charge in [-0.25, -0.2) is 0 Å². The molecule has 1 aromatic heterocycles. The molecule has 110 valence electrons. The van der Waals surface area contributed by atoms with Crippen molar-refractivity contribution < 1.29 is 5.11 Å². The maximum atomic E-state index is 9.77. The first kappa shape index (κ1) is 13.2. The van der Waals surface area contributed by atoms with Crippen LogP contribution in [0.25, 0.3) is 16.8 Å². The zero-order valence-electron chi connectivity index (χ0n) is 12.9. The van der Waals surface area contributed by atoms with Gasteiger partial charge in [-0.1, -0.05) is 24.3 Å². The Kier molecular flexibility index (Phi) is 2.86. The summed E-state index contributed by atoms with van der Waals surface area (Å²) in [5, 5.41) is 9.77. The summed E-state index contributed by atoms with van der Waals surface area (Å²) in [4.78, 5) is 0. The predicted octanol–water partition coefficient (Wildman–Crippen LogP) is 4.57. The molecule has 0 bridgehead atoms. The maximum Gasteiger partial charge on any atom is 0.118 e. The Balaban J connectivity index is 1.94. The SMILES string of the molecule is Cc1cc(-n2c(C)cc3c2CCc2ccccc2-3)ccc1O. The zero-order chi connectivity index (χ0) is 15.3. The Hall–Kier alpha value is -2.48. The smallest absolute Gasteiger partial charge is 0.118 e. The lowest BCUT2D eigenvalue weighted by Crippen LogP contribution is -2.08. The average molecular weight is 289 g/mol. The van der Waals surface area contributed by atoms with E-state index >= 15 is 0 Å². The monoisotopic (exact) mass is 289 g/mol. The highest BCUT2D eigenvalue weighted by Gasteiger charge is 2.21. The lowest BCUT2D eigenvalue weighted by Gasteiger charge is -2.20. The van der Waals surface area contributed by atoms with Gasteiger partial charge in [-0.05, 0) is 67.6 Å².